The molecule has 2 fully saturated rings. The molecule has 8 heavy (non-hydrogen) atoms. The zero-order valence-corrected chi connectivity index (χ0v) is 5.56. The van der Waals surface area contributed by atoms with Crippen molar-refractivity contribution < 1.29 is 0 Å². The Balaban J connectivity index is 1.97. The van der Waals surface area contributed by atoms with Crippen molar-refractivity contribution >= 4 is 0 Å². The van der Waals surface area contributed by atoms with Gasteiger partial charge in [0.1, 0.15) is 0 Å². The van der Waals surface area contributed by atoms with Crippen molar-refractivity contribution in [1.29, 1.82) is 0 Å². The summed E-state index contributed by atoms with van der Waals surface area (Å²) in [5.74, 6) is 3.53. The highest BCUT2D eigenvalue weighted by Crippen LogP contribution is 2.56. The minimum absolute atomic E-state index is 1.14. The van der Waals surface area contributed by atoms with Gasteiger partial charge in [0.2, 0.25) is 0 Å². The quantitative estimate of drug-likeness (QED) is 0.486. The molecule has 0 aromatic rings. The first kappa shape index (κ1) is 4.84. The molecule has 0 N–H and O–H groups in total. The second-order valence-corrected chi connectivity index (χ2v) is 3.41. The van der Waals surface area contributed by atoms with Gasteiger partial charge in [0.25, 0.3) is 0 Å². The molecule has 0 heterocycles. The van der Waals surface area contributed by atoms with Crippen LogP contribution in [0.2, 0.25) is 0 Å². The SMILES string of the molecule is CCC1CCC2C[C@@H]12. The van der Waals surface area contributed by atoms with Gasteiger partial charge in [-0.25, -0.2) is 0 Å². The Kier molecular flexibility index (Phi) is 0.902. The monoisotopic (exact) mass is 110 g/mol. The number of rotatable bonds is 1. The first-order valence-corrected chi connectivity index (χ1v) is 3.92. The van der Waals surface area contributed by atoms with Crippen LogP contribution in [0, 0.1) is 17.8 Å². The highest BCUT2D eigenvalue weighted by Gasteiger charge is 2.46. The maximum absolute atomic E-state index is 2.34. The molecule has 0 bridgehead atoms. The van der Waals surface area contributed by atoms with Crippen LogP contribution in [0.5, 0.6) is 0 Å². The van der Waals surface area contributed by atoms with Gasteiger partial charge in [-0.05, 0) is 37.0 Å². The van der Waals surface area contributed by atoms with E-state index in [9.17, 15) is 0 Å². The van der Waals surface area contributed by atoms with Gasteiger partial charge in [-0.3, -0.25) is 0 Å². The van der Waals surface area contributed by atoms with Gasteiger partial charge in [-0.15, -0.1) is 0 Å². The molecular weight excluding hydrogens is 96.1 g/mol. The fourth-order valence-corrected chi connectivity index (χ4v) is 2.33. The molecule has 2 saturated carbocycles. The van der Waals surface area contributed by atoms with Crippen molar-refractivity contribution in [3.63, 3.8) is 0 Å². The van der Waals surface area contributed by atoms with Crippen LogP contribution in [-0.2, 0) is 0 Å². The summed E-state index contributed by atoms with van der Waals surface area (Å²) in [5.41, 5.74) is 0. The molecule has 3 atom stereocenters. The van der Waals surface area contributed by atoms with E-state index in [4.69, 9.17) is 0 Å². The van der Waals surface area contributed by atoms with Crippen molar-refractivity contribution in [2.45, 2.75) is 32.6 Å². The summed E-state index contributed by atoms with van der Waals surface area (Å²) in [6.07, 6.45) is 6.13. The first-order valence-electron chi connectivity index (χ1n) is 3.92. The van der Waals surface area contributed by atoms with Crippen molar-refractivity contribution in [3.05, 3.63) is 0 Å². The molecule has 0 heteroatoms. The minimum Gasteiger partial charge on any atom is -0.0651 e. The Morgan fingerprint density at radius 2 is 2.25 bits per heavy atom. The molecule has 0 radical (unpaired) electrons. The molecule has 2 aliphatic carbocycles. The van der Waals surface area contributed by atoms with E-state index in [1.165, 1.54) is 18.3 Å². The summed E-state index contributed by atoms with van der Waals surface area (Å²) in [7, 11) is 0. The Bertz CT molecular complexity index is 96.2. The summed E-state index contributed by atoms with van der Waals surface area (Å²) in [5, 5.41) is 0. The lowest BCUT2D eigenvalue weighted by Crippen LogP contribution is -1.94. The normalized spacial score (nSPS) is 51.4. The summed E-state index contributed by atoms with van der Waals surface area (Å²) >= 11 is 0. The lowest BCUT2D eigenvalue weighted by atomic mass is 10.0. The smallest absolute Gasteiger partial charge is 0.0355 e. The third-order valence-corrected chi connectivity index (χ3v) is 3.02. The number of hydrogen-bond acceptors (Lipinski definition) is 0. The second-order valence-electron chi connectivity index (χ2n) is 3.41. The molecule has 2 aliphatic rings. The van der Waals surface area contributed by atoms with E-state index in [1.807, 2.05) is 0 Å². The maximum Gasteiger partial charge on any atom is -0.0355 e. The molecule has 0 amide bonds. The molecule has 0 aromatic heterocycles. The van der Waals surface area contributed by atoms with Gasteiger partial charge in [-0.2, -0.15) is 0 Å². The van der Waals surface area contributed by atoms with E-state index in [-0.39, 0.29) is 0 Å². The molecule has 2 unspecified atom stereocenters. The minimum atomic E-state index is 1.14. The average molecular weight is 110 g/mol. The van der Waals surface area contributed by atoms with Crippen LogP contribution in [0.15, 0.2) is 0 Å². The topological polar surface area (TPSA) is 0 Å². The molecule has 0 nitrogen and oxygen atoms in total. The van der Waals surface area contributed by atoms with Crippen LogP contribution in [-0.4, -0.2) is 0 Å². The maximum atomic E-state index is 2.34. The zero-order valence-electron chi connectivity index (χ0n) is 5.56. The van der Waals surface area contributed by atoms with E-state index in [0.29, 0.717) is 0 Å². The van der Waals surface area contributed by atoms with E-state index in [0.717, 1.165) is 5.92 Å². The van der Waals surface area contributed by atoms with Crippen LogP contribution in [0.3, 0.4) is 0 Å². The third-order valence-electron chi connectivity index (χ3n) is 3.02. The van der Waals surface area contributed by atoms with Crippen LogP contribution in [0.1, 0.15) is 32.6 Å². The first-order chi connectivity index (χ1) is 3.92. The van der Waals surface area contributed by atoms with Gasteiger partial charge >= 0.3 is 0 Å². The molecule has 0 aliphatic heterocycles. The number of hydrogen-bond donors (Lipinski definition) is 0. The third kappa shape index (κ3) is 0.519. The molecular formula is C8H14. The van der Waals surface area contributed by atoms with E-state index in [2.05, 4.69) is 6.92 Å². The van der Waals surface area contributed by atoms with Gasteiger partial charge in [0, 0.05) is 0 Å². The summed E-state index contributed by atoms with van der Waals surface area (Å²) in [6, 6.07) is 0. The average Bonchev–Trinajstić information content (AvgIpc) is 2.46. The van der Waals surface area contributed by atoms with Crippen LogP contribution in [0.25, 0.3) is 0 Å². The molecule has 0 saturated heterocycles. The largest absolute Gasteiger partial charge is 0.0651 e. The van der Waals surface area contributed by atoms with Gasteiger partial charge in [0.05, 0.1) is 0 Å². The molecule has 0 aromatic carbocycles. The summed E-state index contributed by atoms with van der Waals surface area (Å²) < 4.78 is 0. The Morgan fingerprint density at radius 1 is 1.38 bits per heavy atom. The highest BCUT2D eigenvalue weighted by molar-refractivity contribution is 4.96. The van der Waals surface area contributed by atoms with Crippen molar-refractivity contribution in [1.82, 2.24) is 0 Å². The van der Waals surface area contributed by atoms with Crippen molar-refractivity contribution in [2.24, 2.45) is 17.8 Å². The molecule has 0 spiro atoms. The van der Waals surface area contributed by atoms with Gasteiger partial charge in [0.15, 0.2) is 0 Å². The second kappa shape index (κ2) is 1.49. The standard InChI is InChI=1S/C8H14/c1-2-6-3-4-7-5-8(6)7/h6-8H,2-5H2,1H3/t6?,7?,8-/m0/s1. The lowest BCUT2D eigenvalue weighted by Gasteiger charge is -2.04. The lowest BCUT2D eigenvalue weighted by molar-refractivity contribution is 0.465. The van der Waals surface area contributed by atoms with Gasteiger partial charge in [-0.1, -0.05) is 13.3 Å². The van der Waals surface area contributed by atoms with E-state index in [1.54, 1.807) is 19.3 Å². The predicted molar refractivity (Wildman–Crippen MR) is 34.6 cm³/mol. The van der Waals surface area contributed by atoms with E-state index < -0.39 is 0 Å². The van der Waals surface area contributed by atoms with Crippen LogP contribution >= 0.6 is 0 Å². The highest BCUT2D eigenvalue weighted by atomic mass is 14.5. The van der Waals surface area contributed by atoms with Gasteiger partial charge < -0.3 is 0 Å². The zero-order chi connectivity index (χ0) is 5.56. The Morgan fingerprint density at radius 3 is 2.50 bits per heavy atom. The molecule has 46 valence electrons. The van der Waals surface area contributed by atoms with Crippen LogP contribution in [0.4, 0.5) is 0 Å². The van der Waals surface area contributed by atoms with Crippen molar-refractivity contribution in [3.8, 4) is 0 Å². The summed E-state index contributed by atoms with van der Waals surface area (Å²) in [4.78, 5) is 0. The Labute approximate surface area is 51.3 Å². The Hall–Kier alpha value is 0. The van der Waals surface area contributed by atoms with E-state index >= 15 is 0 Å². The fraction of sp³-hybridized carbons (Fsp3) is 1.00. The fourth-order valence-electron chi connectivity index (χ4n) is 2.33. The predicted octanol–water partition coefficient (Wildman–Crippen LogP) is 2.44. The van der Waals surface area contributed by atoms with Crippen molar-refractivity contribution in [2.75, 3.05) is 0 Å². The number of fused-ring (bicyclic) bond motifs is 1. The summed E-state index contributed by atoms with van der Waals surface area (Å²) in [6.45, 7) is 2.34. The van der Waals surface area contributed by atoms with Crippen LogP contribution < -0.4 is 0 Å². The molecule has 2 rings (SSSR count).